The van der Waals surface area contributed by atoms with E-state index in [0.29, 0.717) is 16.7 Å². The molecule has 0 aromatic carbocycles. The highest BCUT2D eigenvalue weighted by molar-refractivity contribution is 5.23. The van der Waals surface area contributed by atoms with Gasteiger partial charge in [0.1, 0.15) is 0 Å². The van der Waals surface area contributed by atoms with E-state index in [9.17, 15) is 0 Å². The van der Waals surface area contributed by atoms with Gasteiger partial charge >= 0.3 is 0 Å². The second-order valence-electron chi connectivity index (χ2n) is 10.1. The van der Waals surface area contributed by atoms with Crippen LogP contribution in [0.3, 0.4) is 0 Å². The SMILES string of the molecule is C[C@]12C=C[C@@H]3CC4(C[C@](C)(CCCC5OCCO5)[C@@]3(CC1)C2)OCCO4. The zero-order valence-electron chi connectivity index (χ0n) is 16.4. The van der Waals surface area contributed by atoms with Gasteiger partial charge in [-0.1, -0.05) is 26.0 Å². The molecule has 0 amide bonds. The zero-order chi connectivity index (χ0) is 17.9. The summed E-state index contributed by atoms with van der Waals surface area (Å²) in [7, 11) is 0. The topological polar surface area (TPSA) is 36.9 Å². The van der Waals surface area contributed by atoms with Gasteiger partial charge in [-0.15, -0.1) is 0 Å². The molecule has 146 valence electrons. The number of rotatable bonds is 4. The Morgan fingerprint density at radius 3 is 2.50 bits per heavy atom. The molecule has 4 nitrogen and oxygen atoms in total. The lowest BCUT2D eigenvalue weighted by atomic mass is 9.47. The minimum Gasteiger partial charge on any atom is -0.350 e. The summed E-state index contributed by atoms with van der Waals surface area (Å²) in [6.07, 6.45) is 14.6. The van der Waals surface area contributed by atoms with Crippen LogP contribution in [0.25, 0.3) is 0 Å². The highest BCUT2D eigenvalue weighted by Crippen LogP contribution is 2.72. The summed E-state index contributed by atoms with van der Waals surface area (Å²) in [5, 5.41) is 0. The average Bonchev–Trinajstić information content (AvgIpc) is 3.32. The summed E-state index contributed by atoms with van der Waals surface area (Å²) >= 11 is 0. The molecule has 0 aromatic heterocycles. The fourth-order valence-electron chi connectivity index (χ4n) is 7.09. The Hall–Kier alpha value is -0.420. The van der Waals surface area contributed by atoms with Crippen molar-refractivity contribution >= 4 is 0 Å². The minimum atomic E-state index is -0.342. The lowest BCUT2D eigenvalue weighted by Gasteiger charge is -2.60. The Morgan fingerprint density at radius 1 is 0.962 bits per heavy atom. The third-order valence-corrected chi connectivity index (χ3v) is 8.37. The molecular weight excluding hydrogens is 328 g/mol. The predicted molar refractivity (Wildman–Crippen MR) is 98.5 cm³/mol. The fourth-order valence-corrected chi connectivity index (χ4v) is 7.09. The van der Waals surface area contributed by atoms with Crippen LogP contribution in [0.1, 0.15) is 65.2 Å². The lowest BCUT2D eigenvalue weighted by molar-refractivity contribution is -0.245. The molecule has 2 saturated heterocycles. The number of fused-ring (bicyclic) bond motifs is 1. The van der Waals surface area contributed by atoms with Crippen LogP contribution in [0.2, 0.25) is 0 Å². The molecule has 4 fully saturated rings. The molecular formula is C22H34O4. The van der Waals surface area contributed by atoms with Crippen molar-refractivity contribution < 1.29 is 18.9 Å². The quantitative estimate of drug-likeness (QED) is 0.693. The standard InChI is InChI=1S/C22H34O4/c1-19-7-5-17-14-22(25-12-13-26-22)16-20(2,21(17,15-19)9-8-19)6-3-4-18-23-10-11-24-18/h5,7,17-18H,3-4,6,8-16H2,1-2H3/t17-,19+,20+,21+/m1/s1. The molecule has 2 saturated carbocycles. The van der Waals surface area contributed by atoms with Crippen LogP contribution in [0, 0.1) is 22.2 Å². The molecule has 2 bridgehead atoms. The lowest BCUT2D eigenvalue weighted by Crippen LogP contribution is -2.56. The molecule has 2 spiro atoms. The Morgan fingerprint density at radius 2 is 1.73 bits per heavy atom. The largest absolute Gasteiger partial charge is 0.350 e. The normalized spacial score (nSPS) is 46.9. The predicted octanol–water partition coefficient (Wildman–Crippen LogP) is 4.44. The van der Waals surface area contributed by atoms with Crippen molar-refractivity contribution in [3.63, 3.8) is 0 Å². The van der Waals surface area contributed by atoms with Gasteiger partial charge in [-0.2, -0.15) is 0 Å². The van der Waals surface area contributed by atoms with Crippen molar-refractivity contribution in [1.29, 1.82) is 0 Å². The van der Waals surface area contributed by atoms with Crippen LogP contribution in [0.5, 0.6) is 0 Å². The van der Waals surface area contributed by atoms with Crippen molar-refractivity contribution in [2.75, 3.05) is 26.4 Å². The maximum absolute atomic E-state index is 6.23. The third-order valence-electron chi connectivity index (χ3n) is 8.37. The third kappa shape index (κ3) is 2.63. The van der Waals surface area contributed by atoms with Crippen molar-refractivity contribution in [3.8, 4) is 0 Å². The van der Waals surface area contributed by atoms with E-state index in [0.717, 1.165) is 52.1 Å². The summed E-state index contributed by atoms with van der Waals surface area (Å²) in [5.74, 6) is 0.250. The highest BCUT2D eigenvalue weighted by atomic mass is 16.7. The van der Waals surface area contributed by atoms with E-state index in [4.69, 9.17) is 18.9 Å². The maximum Gasteiger partial charge on any atom is 0.169 e. The van der Waals surface area contributed by atoms with E-state index in [2.05, 4.69) is 26.0 Å². The Labute approximate surface area is 157 Å². The van der Waals surface area contributed by atoms with Gasteiger partial charge in [0.2, 0.25) is 0 Å². The van der Waals surface area contributed by atoms with Crippen LogP contribution >= 0.6 is 0 Å². The molecule has 0 unspecified atom stereocenters. The Bertz CT molecular complexity index is 577. The molecule has 2 aliphatic heterocycles. The van der Waals surface area contributed by atoms with Crippen molar-refractivity contribution in [2.24, 2.45) is 22.2 Å². The van der Waals surface area contributed by atoms with Gasteiger partial charge in [-0.25, -0.2) is 0 Å². The molecule has 4 atom stereocenters. The summed E-state index contributed by atoms with van der Waals surface area (Å²) in [4.78, 5) is 0. The highest BCUT2D eigenvalue weighted by Gasteiger charge is 2.66. The van der Waals surface area contributed by atoms with Gasteiger partial charge in [0.25, 0.3) is 0 Å². The molecule has 2 heterocycles. The molecule has 26 heavy (non-hydrogen) atoms. The first kappa shape index (κ1) is 17.7. The van der Waals surface area contributed by atoms with Crippen LogP contribution in [-0.2, 0) is 18.9 Å². The fraction of sp³-hybridized carbons (Fsp3) is 0.909. The van der Waals surface area contributed by atoms with Gasteiger partial charge in [-0.05, 0) is 60.7 Å². The smallest absolute Gasteiger partial charge is 0.169 e. The van der Waals surface area contributed by atoms with E-state index in [1.807, 2.05) is 0 Å². The molecule has 0 aromatic rings. The van der Waals surface area contributed by atoms with Gasteiger partial charge < -0.3 is 18.9 Å². The van der Waals surface area contributed by atoms with E-state index >= 15 is 0 Å². The summed E-state index contributed by atoms with van der Waals surface area (Å²) in [6, 6.07) is 0. The van der Waals surface area contributed by atoms with Gasteiger partial charge in [-0.3, -0.25) is 0 Å². The molecule has 0 radical (unpaired) electrons. The van der Waals surface area contributed by atoms with Crippen molar-refractivity contribution in [2.45, 2.75) is 77.3 Å². The van der Waals surface area contributed by atoms with Gasteiger partial charge in [0, 0.05) is 12.8 Å². The van der Waals surface area contributed by atoms with E-state index in [1.54, 1.807) is 0 Å². The molecule has 5 aliphatic rings. The number of ether oxygens (including phenoxy) is 4. The van der Waals surface area contributed by atoms with E-state index in [-0.39, 0.29) is 17.5 Å². The van der Waals surface area contributed by atoms with Crippen molar-refractivity contribution in [3.05, 3.63) is 12.2 Å². The number of allylic oxidation sites excluding steroid dienone is 2. The van der Waals surface area contributed by atoms with Gasteiger partial charge in [0.15, 0.2) is 12.1 Å². The van der Waals surface area contributed by atoms with Gasteiger partial charge in [0.05, 0.1) is 26.4 Å². The first-order valence-electron chi connectivity index (χ1n) is 10.7. The Kier molecular flexibility index (Phi) is 4.10. The minimum absolute atomic E-state index is 0.0172. The molecule has 4 heteroatoms. The van der Waals surface area contributed by atoms with Crippen LogP contribution in [0.15, 0.2) is 12.2 Å². The number of hydrogen-bond donors (Lipinski definition) is 0. The van der Waals surface area contributed by atoms with E-state index in [1.165, 1.54) is 25.7 Å². The summed E-state index contributed by atoms with van der Waals surface area (Å²) in [5.41, 5.74) is 1.06. The molecule has 0 N–H and O–H groups in total. The Balaban J connectivity index is 1.41. The molecule has 5 rings (SSSR count). The first-order chi connectivity index (χ1) is 12.5. The maximum atomic E-state index is 6.23. The summed E-state index contributed by atoms with van der Waals surface area (Å²) < 4.78 is 23.8. The zero-order valence-corrected chi connectivity index (χ0v) is 16.4. The second kappa shape index (κ2) is 6.04. The number of hydrogen-bond acceptors (Lipinski definition) is 4. The van der Waals surface area contributed by atoms with Crippen molar-refractivity contribution in [1.82, 2.24) is 0 Å². The molecule has 3 aliphatic carbocycles. The van der Waals surface area contributed by atoms with Crippen LogP contribution in [-0.4, -0.2) is 38.5 Å². The average molecular weight is 363 g/mol. The second-order valence-corrected chi connectivity index (χ2v) is 10.1. The van der Waals surface area contributed by atoms with E-state index < -0.39 is 0 Å². The first-order valence-corrected chi connectivity index (χ1v) is 10.7. The monoisotopic (exact) mass is 362 g/mol. The van der Waals surface area contributed by atoms with Crippen LogP contribution in [0.4, 0.5) is 0 Å². The summed E-state index contributed by atoms with van der Waals surface area (Å²) in [6.45, 7) is 8.00. The van der Waals surface area contributed by atoms with Crippen LogP contribution < -0.4 is 0 Å².